The van der Waals surface area contributed by atoms with Crippen molar-refractivity contribution in [2.75, 3.05) is 18.8 Å². The Kier molecular flexibility index (Phi) is 6.97. The Balaban J connectivity index is 2.04. The van der Waals surface area contributed by atoms with E-state index in [4.69, 9.17) is 11.5 Å². The highest BCUT2D eigenvalue weighted by molar-refractivity contribution is 5.73. The van der Waals surface area contributed by atoms with Crippen LogP contribution in [0, 0.1) is 6.92 Å². The fourth-order valence-electron chi connectivity index (χ4n) is 1.99. The van der Waals surface area contributed by atoms with Gasteiger partial charge in [-0.05, 0) is 62.9 Å². The molecule has 0 atom stereocenters. The molecule has 4 heteroatoms. The molecule has 1 aromatic rings. The quantitative estimate of drug-likeness (QED) is 0.469. The van der Waals surface area contributed by atoms with Gasteiger partial charge in [-0.15, -0.1) is 0 Å². The van der Waals surface area contributed by atoms with Crippen molar-refractivity contribution in [2.45, 2.75) is 39.0 Å². The predicted octanol–water partition coefficient (Wildman–Crippen LogP) is 1.76. The van der Waals surface area contributed by atoms with Crippen LogP contribution in [0.3, 0.4) is 0 Å². The minimum absolute atomic E-state index is 0.210. The molecule has 4 nitrogen and oxygen atoms in total. The summed E-state index contributed by atoms with van der Waals surface area (Å²) in [5.41, 5.74) is 14.2. The number of hydrogen-bond acceptors (Lipinski definition) is 3. The smallest absolute Gasteiger partial charge is 0.217 e. The largest absolute Gasteiger partial charge is 0.399 e. The first-order valence-electron chi connectivity index (χ1n) is 6.93. The maximum Gasteiger partial charge on any atom is 0.217 e. The molecule has 0 bridgehead atoms. The van der Waals surface area contributed by atoms with Crippen LogP contribution in [0.15, 0.2) is 18.2 Å². The molecule has 0 aliphatic rings. The van der Waals surface area contributed by atoms with E-state index in [2.05, 4.69) is 17.4 Å². The summed E-state index contributed by atoms with van der Waals surface area (Å²) in [7, 11) is 0. The number of amides is 1. The van der Waals surface area contributed by atoms with E-state index in [9.17, 15) is 4.79 Å². The van der Waals surface area contributed by atoms with Crippen molar-refractivity contribution in [2.24, 2.45) is 5.73 Å². The molecular formula is C15H25N3O. The van der Waals surface area contributed by atoms with Gasteiger partial charge in [-0.1, -0.05) is 12.1 Å². The fourth-order valence-corrected chi connectivity index (χ4v) is 1.99. The molecule has 0 aromatic heterocycles. The molecule has 1 amide bonds. The third-order valence-electron chi connectivity index (χ3n) is 3.18. The van der Waals surface area contributed by atoms with Gasteiger partial charge < -0.3 is 16.8 Å². The number of hydrogen-bond donors (Lipinski definition) is 3. The van der Waals surface area contributed by atoms with Crippen LogP contribution in [0.4, 0.5) is 5.69 Å². The van der Waals surface area contributed by atoms with E-state index in [0.717, 1.165) is 50.0 Å². The summed E-state index contributed by atoms with van der Waals surface area (Å²) in [6.45, 7) is 3.99. The Hall–Kier alpha value is -1.55. The van der Waals surface area contributed by atoms with Gasteiger partial charge in [0, 0.05) is 12.1 Å². The summed E-state index contributed by atoms with van der Waals surface area (Å²) < 4.78 is 0. The van der Waals surface area contributed by atoms with E-state index >= 15 is 0 Å². The summed E-state index contributed by atoms with van der Waals surface area (Å²) in [5, 5.41) is 3.38. The molecule has 106 valence electrons. The maximum absolute atomic E-state index is 10.5. The van der Waals surface area contributed by atoms with Crippen molar-refractivity contribution < 1.29 is 4.79 Å². The molecule has 0 spiro atoms. The number of carbonyl (C=O) groups excluding carboxylic acids is 1. The first-order chi connectivity index (χ1) is 9.09. The number of benzene rings is 1. The van der Waals surface area contributed by atoms with E-state index in [0.29, 0.717) is 6.42 Å². The monoisotopic (exact) mass is 263 g/mol. The SMILES string of the molecule is Cc1cc(CCCNCCCCC(N)=O)ccc1N. The average Bonchev–Trinajstić information content (AvgIpc) is 2.36. The molecule has 1 aromatic carbocycles. The lowest BCUT2D eigenvalue weighted by atomic mass is 10.1. The van der Waals surface area contributed by atoms with Gasteiger partial charge in [0.2, 0.25) is 5.91 Å². The van der Waals surface area contributed by atoms with Crippen molar-refractivity contribution >= 4 is 11.6 Å². The van der Waals surface area contributed by atoms with Gasteiger partial charge in [0.15, 0.2) is 0 Å². The molecule has 0 saturated carbocycles. The number of rotatable bonds is 9. The van der Waals surface area contributed by atoms with E-state index in [1.165, 1.54) is 5.56 Å². The van der Waals surface area contributed by atoms with Gasteiger partial charge in [0.1, 0.15) is 0 Å². The zero-order valence-corrected chi connectivity index (χ0v) is 11.7. The lowest BCUT2D eigenvalue weighted by Gasteiger charge is -2.06. The van der Waals surface area contributed by atoms with Crippen LogP contribution in [-0.4, -0.2) is 19.0 Å². The normalized spacial score (nSPS) is 10.6. The summed E-state index contributed by atoms with van der Waals surface area (Å²) >= 11 is 0. The Bertz CT molecular complexity index is 404. The van der Waals surface area contributed by atoms with Gasteiger partial charge in [0.25, 0.3) is 0 Å². The second kappa shape index (κ2) is 8.53. The Morgan fingerprint density at radius 2 is 1.95 bits per heavy atom. The number of nitrogen functional groups attached to an aromatic ring is 1. The van der Waals surface area contributed by atoms with Crippen LogP contribution in [0.1, 0.15) is 36.8 Å². The number of nitrogens with two attached hydrogens (primary N) is 2. The molecule has 0 radical (unpaired) electrons. The Morgan fingerprint density at radius 3 is 2.63 bits per heavy atom. The molecular weight excluding hydrogens is 238 g/mol. The Morgan fingerprint density at radius 1 is 1.21 bits per heavy atom. The highest BCUT2D eigenvalue weighted by atomic mass is 16.1. The summed E-state index contributed by atoms with van der Waals surface area (Å²) in [6.07, 6.45) is 4.55. The Labute approximate surface area is 115 Å². The highest BCUT2D eigenvalue weighted by Gasteiger charge is 1.98. The van der Waals surface area contributed by atoms with Crippen LogP contribution in [0.2, 0.25) is 0 Å². The summed E-state index contributed by atoms with van der Waals surface area (Å²) in [6, 6.07) is 6.22. The van der Waals surface area contributed by atoms with Crippen LogP contribution >= 0.6 is 0 Å². The maximum atomic E-state index is 10.5. The van der Waals surface area contributed by atoms with Crippen molar-refractivity contribution in [1.82, 2.24) is 5.32 Å². The standard InChI is InChI=1S/C15H25N3O/c1-12-11-13(7-8-14(12)16)5-4-10-18-9-3-2-6-15(17)19/h7-8,11,18H,2-6,9-10,16H2,1H3,(H2,17,19). The third-order valence-corrected chi connectivity index (χ3v) is 3.18. The minimum Gasteiger partial charge on any atom is -0.399 e. The zero-order chi connectivity index (χ0) is 14.1. The van der Waals surface area contributed by atoms with Gasteiger partial charge in [-0.3, -0.25) is 4.79 Å². The predicted molar refractivity (Wildman–Crippen MR) is 79.8 cm³/mol. The summed E-state index contributed by atoms with van der Waals surface area (Å²) in [4.78, 5) is 10.5. The molecule has 19 heavy (non-hydrogen) atoms. The van der Waals surface area contributed by atoms with Crippen molar-refractivity contribution in [1.29, 1.82) is 0 Å². The number of anilines is 1. The lowest BCUT2D eigenvalue weighted by molar-refractivity contribution is -0.118. The second-order valence-corrected chi connectivity index (χ2v) is 4.97. The van der Waals surface area contributed by atoms with Crippen LogP contribution in [0.5, 0.6) is 0 Å². The van der Waals surface area contributed by atoms with E-state index < -0.39 is 0 Å². The zero-order valence-electron chi connectivity index (χ0n) is 11.7. The van der Waals surface area contributed by atoms with Gasteiger partial charge >= 0.3 is 0 Å². The topological polar surface area (TPSA) is 81.1 Å². The van der Waals surface area contributed by atoms with Crippen LogP contribution in [-0.2, 0) is 11.2 Å². The second-order valence-electron chi connectivity index (χ2n) is 4.97. The number of nitrogens with one attached hydrogen (secondary N) is 1. The van der Waals surface area contributed by atoms with E-state index in [-0.39, 0.29) is 5.91 Å². The number of unbranched alkanes of at least 4 members (excludes halogenated alkanes) is 1. The van der Waals surface area contributed by atoms with Gasteiger partial charge in [-0.25, -0.2) is 0 Å². The molecule has 0 unspecified atom stereocenters. The molecule has 0 saturated heterocycles. The molecule has 1 rings (SSSR count). The van der Waals surface area contributed by atoms with Gasteiger partial charge in [-0.2, -0.15) is 0 Å². The van der Waals surface area contributed by atoms with Crippen LogP contribution < -0.4 is 16.8 Å². The molecule has 0 aliphatic carbocycles. The summed E-state index contributed by atoms with van der Waals surface area (Å²) in [5.74, 6) is -0.210. The van der Waals surface area contributed by atoms with Crippen LogP contribution in [0.25, 0.3) is 0 Å². The van der Waals surface area contributed by atoms with E-state index in [1.807, 2.05) is 13.0 Å². The number of primary amides is 1. The van der Waals surface area contributed by atoms with Crippen molar-refractivity contribution in [3.63, 3.8) is 0 Å². The van der Waals surface area contributed by atoms with Crippen molar-refractivity contribution in [3.8, 4) is 0 Å². The first-order valence-corrected chi connectivity index (χ1v) is 6.93. The average molecular weight is 263 g/mol. The van der Waals surface area contributed by atoms with Crippen molar-refractivity contribution in [3.05, 3.63) is 29.3 Å². The first kappa shape index (κ1) is 15.5. The van der Waals surface area contributed by atoms with Gasteiger partial charge in [0.05, 0.1) is 0 Å². The highest BCUT2D eigenvalue weighted by Crippen LogP contribution is 2.13. The van der Waals surface area contributed by atoms with E-state index in [1.54, 1.807) is 0 Å². The number of aryl methyl sites for hydroxylation is 2. The third kappa shape index (κ3) is 6.82. The molecule has 0 aliphatic heterocycles. The minimum atomic E-state index is -0.210. The molecule has 5 N–H and O–H groups in total. The molecule has 0 heterocycles. The fraction of sp³-hybridized carbons (Fsp3) is 0.533. The lowest BCUT2D eigenvalue weighted by Crippen LogP contribution is -2.18. The molecule has 0 fully saturated rings. The number of carbonyl (C=O) groups is 1.